The van der Waals surface area contributed by atoms with Crippen molar-refractivity contribution in [2.24, 2.45) is 0 Å². The molecule has 2 aromatic heterocycles. The van der Waals surface area contributed by atoms with Gasteiger partial charge in [-0.3, -0.25) is 14.3 Å². The third-order valence-corrected chi connectivity index (χ3v) is 5.05. The zero-order chi connectivity index (χ0) is 17.4. The minimum absolute atomic E-state index is 0.232. The Kier molecular flexibility index (Phi) is 4.09. The Morgan fingerprint density at radius 2 is 1.92 bits per heavy atom. The Labute approximate surface area is 150 Å². The molecule has 0 aliphatic carbocycles. The predicted molar refractivity (Wildman–Crippen MR) is 101 cm³/mol. The zero-order valence-electron chi connectivity index (χ0n) is 14.0. The summed E-state index contributed by atoms with van der Waals surface area (Å²) in [5.41, 5.74) is 2.31. The minimum Gasteiger partial charge on any atom is -0.342 e. The molecule has 1 aliphatic rings. The van der Waals surface area contributed by atoms with Crippen LogP contribution < -0.4 is 10.5 Å². The van der Waals surface area contributed by atoms with Crippen molar-refractivity contribution in [1.82, 2.24) is 19.5 Å². The van der Waals surface area contributed by atoms with Gasteiger partial charge in [0, 0.05) is 18.8 Å². The average molecular weight is 353 g/mol. The molecular formula is C18H19N5OS. The highest BCUT2D eigenvalue weighted by Gasteiger charge is 2.17. The fourth-order valence-electron chi connectivity index (χ4n) is 3.18. The molecule has 0 radical (unpaired) electrons. The fourth-order valence-corrected chi connectivity index (χ4v) is 3.51. The van der Waals surface area contributed by atoms with E-state index in [1.165, 1.54) is 5.56 Å². The van der Waals surface area contributed by atoms with Crippen molar-refractivity contribution in [3.05, 3.63) is 51.2 Å². The van der Waals surface area contributed by atoms with Gasteiger partial charge in [-0.1, -0.05) is 31.3 Å². The molecule has 25 heavy (non-hydrogen) atoms. The quantitative estimate of drug-likeness (QED) is 0.733. The van der Waals surface area contributed by atoms with Gasteiger partial charge in [-0.05, 0) is 37.0 Å². The maximum absolute atomic E-state index is 12.6. The van der Waals surface area contributed by atoms with Crippen LogP contribution in [0.25, 0.3) is 16.7 Å². The third kappa shape index (κ3) is 2.84. The van der Waals surface area contributed by atoms with Crippen LogP contribution in [0.1, 0.15) is 25.3 Å². The normalized spacial score (nSPS) is 14.4. The lowest BCUT2D eigenvalue weighted by Crippen LogP contribution is -2.24. The van der Waals surface area contributed by atoms with E-state index in [9.17, 15) is 4.79 Å². The molecule has 1 fully saturated rings. The van der Waals surface area contributed by atoms with E-state index in [0.717, 1.165) is 38.0 Å². The molecule has 128 valence electrons. The van der Waals surface area contributed by atoms with Gasteiger partial charge in [-0.2, -0.15) is 4.98 Å². The van der Waals surface area contributed by atoms with Gasteiger partial charge in [0.2, 0.25) is 5.95 Å². The molecule has 3 aromatic rings. The smallest absolute Gasteiger partial charge is 0.264 e. The first-order valence-corrected chi connectivity index (χ1v) is 8.94. The summed E-state index contributed by atoms with van der Waals surface area (Å²) < 4.78 is 2.18. The number of rotatable bonds is 3. The second kappa shape index (κ2) is 6.40. The molecule has 1 aromatic carbocycles. The number of aromatic nitrogens is 4. The number of fused-ring (bicyclic) bond motifs is 1. The fraction of sp³-hybridized carbons (Fsp3) is 0.333. The summed E-state index contributed by atoms with van der Waals surface area (Å²) in [7, 11) is 0. The van der Waals surface area contributed by atoms with Gasteiger partial charge in [0.1, 0.15) is 16.4 Å². The van der Waals surface area contributed by atoms with E-state index in [0.29, 0.717) is 21.6 Å². The molecule has 0 amide bonds. The van der Waals surface area contributed by atoms with Crippen molar-refractivity contribution in [3.8, 4) is 5.69 Å². The van der Waals surface area contributed by atoms with Crippen molar-refractivity contribution in [1.29, 1.82) is 0 Å². The molecule has 0 spiro atoms. The van der Waals surface area contributed by atoms with Crippen LogP contribution in [-0.2, 0) is 6.42 Å². The zero-order valence-corrected chi connectivity index (χ0v) is 14.8. The highest BCUT2D eigenvalue weighted by Crippen LogP contribution is 2.18. The van der Waals surface area contributed by atoms with Crippen LogP contribution in [-0.4, -0.2) is 32.6 Å². The number of hydrogen-bond acceptors (Lipinski definition) is 5. The van der Waals surface area contributed by atoms with Crippen molar-refractivity contribution in [2.45, 2.75) is 26.2 Å². The van der Waals surface area contributed by atoms with Crippen LogP contribution in [0, 0.1) is 4.64 Å². The lowest BCUT2D eigenvalue weighted by atomic mass is 10.1. The largest absolute Gasteiger partial charge is 0.342 e. The Hall–Kier alpha value is -2.54. The SMILES string of the molecule is CCc1ccc(-n2cnc3nc(N4CCCC4)[nH]c(=O)c3c2=S)cc1. The Balaban J connectivity index is 1.84. The van der Waals surface area contributed by atoms with E-state index in [1.54, 1.807) is 10.9 Å². The molecule has 3 heterocycles. The van der Waals surface area contributed by atoms with Crippen LogP contribution >= 0.6 is 12.2 Å². The van der Waals surface area contributed by atoms with Gasteiger partial charge in [0.25, 0.3) is 5.56 Å². The van der Waals surface area contributed by atoms with E-state index in [1.807, 2.05) is 12.1 Å². The van der Waals surface area contributed by atoms with Crippen molar-refractivity contribution < 1.29 is 0 Å². The van der Waals surface area contributed by atoms with Crippen LogP contribution in [0.2, 0.25) is 0 Å². The number of H-pyrrole nitrogens is 1. The van der Waals surface area contributed by atoms with Crippen LogP contribution in [0.3, 0.4) is 0 Å². The van der Waals surface area contributed by atoms with Gasteiger partial charge in [0.05, 0.1) is 0 Å². The van der Waals surface area contributed by atoms with E-state index in [4.69, 9.17) is 12.2 Å². The molecule has 1 N–H and O–H groups in total. The lowest BCUT2D eigenvalue weighted by molar-refractivity contribution is 0.890. The maximum atomic E-state index is 12.6. The van der Waals surface area contributed by atoms with Gasteiger partial charge >= 0.3 is 0 Å². The first kappa shape index (κ1) is 16.0. The van der Waals surface area contributed by atoms with Crippen LogP contribution in [0.4, 0.5) is 5.95 Å². The van der Waals surface area contributed by atoms with Gasteiger partial charge < -0.3 is 4.90 Å². The van der Waals surface area contributed by atoms with Crippen molar-refractivity contribution in [2.75, 3.05) is 18.0 Å². The summed E-state index contributed by atoms with van der Waals surface area (Å²) in [4.78, 5) is 26.5. The third-order valence-electron chi connectivity index (χ3n) is 4.64. The van der Waals surface area contributed by atoms with E-state index in [2.05, 4.69) is 38.9 Å². The number of benzene rings is 1. The predicted octanol–water partition coefficient (Wildman–Crippen LogP) is 3.00. The molecule has 0 unspecified atom stereocenters. The van der Waals surface area contributed by atoms with Crippen LogP contribution in [0.5, 0.6) is 0 Å². The molecule has 1 saturated heterocycles. The summed E-state index contributed by atoms with van der Waals surface area (Å²) in [5, 5.41) is 0.361. The number of hydrogen-bond donors (Lipinski definition) is 1. The first-order chi connectivity index (χ1) is 12.2. The van der Waals surface area contributed by atoms with E-state index < -0.39 is 0 Å². The lowest BCUT2D eigenvalue weighted by Gasteiger charge is -2.16. The van der Waals surface area contributed by atoms with Crippen molar-refractivity contribution in [3.63, 3.8) is 0 Å². The molecular weight excluding hydrogens is 334 g/mol. The Morgan fingerprint density at radius 3 is 2.60 bits per heavy atom. The van der Waals surface area contributed by atoms with Crippen molar-refractivity contribution >= 4 is 29.2 Å². The number of nitrogens with zero attached hydrogens (tertiary/aromatic N) is 4. The summed E-state index contributed by atoms with van der Waals surface area (Å²) in [6.45, 7) is 3.93. The molecule has 0 saturated carbocycles. The number of anilines is 1. The molecule has 6 nitrogen and oxygen atoms in total. The topological polar surface area (TPSA) is 66.8 Å². The van der Waals surface area contributed by atoms with Gasteiger partial charge in [0.15, 0.2) is 5.65 Å². The Morgan fingerprint density at radius 1 is 1.20 bits per heavy atom. The molecule has 1 aliphatic heterocycles. The highest BCUT2D eigenvalue weighted by molar-refractivity contribution is 7.71. The molecule has 0 atom stereocenters. The minimum atomic E-state index is -0.232. The Bertz CT molecular complexity index is 1030. The number of nitrogens with one attached hydrogen (secondary N) is 1. The molecule has 0 bridgehead atoms. The van der Waals surface area contributed by atoms with E-state index in [-0.39, 0.29) is 5.56 Å². The maximum Gasteiger partial charge on any atom is 0.264 e. The van der Waals surface area contributed by atoms with Crippen LogP contribution in [0.15, 0.2) is 35.4 Å². The van der Waals surface area contributed by atoms with E-state index >= 15 is 0 Å². The molecule has 4 rings (SSSR count). The van der Waals surface area contributed by atoms with Gasteiger partial charge in [-0.15, -0.1) is 0 Å². The summed E-state index contributed by atoms with van der Waals surface area (Å²) in [5.74, 6) is 0.585. The summed E-state index contributed by atoms with van der Waals surface area (Å²) in [6.07, 6.45) is 4.85. The first-order valence-electron chi connectivity index (χ1n) is 8.53. The second-order valence-corrected chi connectivity index (χ2v) is 6.61. The summed E-state index contributed by atoms with van der Waals surface area (Å²) in [6, 6.07) is 8.09. The number of aryl methyl sites for hydroxylation is 1. The molecule has 7 heteroatoms. The highest BCUT2D eigenvalue weighted by atomic mass is 32.1. The standard InChI is InChI=1S/C18H19N5OS/c1-2-12-5-7-13(8-6-12)23-11-19-15-14(17(23)25)16(24)21-18(20-15)22-9-3-4-10-22/h5-8,11H,2-4,9-10H2,1H3,(H,20,21,24). The monoisotopic (exact) mass is 353 g/mol. The van der Waals surface area contributed by atoms with Gasteiger partial charge in [-0.25, -0.2) is 4.98 Å². The summed E-state index contributed by atoms with van der Waals surface area (Å²) >= 11 is 5.55. The number of aromatic amines is 1. The second-order valence-electron chi connectivity index (χ2n) is 6.22. The average Bonchev–Trinajstić information content (AvgIpc) is 3.16.